The maximum atomic E-state index is 10.9. The normalized spacial score (nSPS) is 13.5. The van der Waals surface area contributed by atoms with Crippen LogP contribution < -0.4 is 10.4 Å². The molecule has 0 radical (unpaired) electrons. The van der Waals surface area contributed by atoms with Gasteiger partial charge in [0.05, 0.1) is 5.69 Å². The average Bonchev–Trinajstić information content (AvgIpc) is 2.36. The van der Waals surface area contributed by atoms with Gasteiger partial charge >= 0.3 is 5.97 Å². The van der Waals surface area contributed by atoms with Crippen molar-refractivity contribution in [3.63, 3.8) is 0 Å². The molecule has 0 aliphatic carbocycles. The fourth-order valence-corrected chi connectivity index (χ4v) is 2.32. The zero-order chi connectivity index (χ0) is 13.8. The number of fused-ring (bicyclic) bond motifs is 1. The zero-order valence-corrected chi connectivity index (χ0v) is 11.7. The van der Waals surface area contributed by atoms with Crippen LogP contribution in [-0.2, 0) is 16.1 Å². The number of carbonyl (C=O) groups excluding carboxylic acids is 1. The summed E-state index contributed by atoms with van der Waals surface area (Å²) in [6.07, 6.45) is 4.25. The Morgan fingerprint density at radius 1 is 1.37 bits per heavy atom. The lowest BCUT2D eigenvalue weighted by molar-refractivity contribution is -0.138. The highest BCUT2D eigenvalue weighted by Crippen LogP contribution is 2.33. The van der Waals surface area contributed by atoms with Gasteiger partial charge in [0.2, 0.25) is 0 Å². The number of hydrogen-bond donors (Lipinski definition) is 1. The van der Waals surface area contributed by atoms with E-state index >= 15 is 0 Å². The quantitative estimate of drug-likeness (QED) is 0.847. The smallest absolute Gasteiger partial charge is 0.329 e. The van der Waals surface area contributed by atoms with Crippen molar-refractivity contribution < 1.29 is 9.63 Å². The molecule has 0 saturated carbocycles. The van der Waals surface area contributed by atoms with Gasteiger partial charge in [0, 0.05) is 30.9 Å². The Labute approximate surface area is 114 Å². The Morgan fingerprint density at radius 2 is 2.16 bits per heavy atom. The second-order valence-electron chi connectivity index (χ2n) is 5.00. The van der Waals surface area contributed by atoms with Crippen molar-refractivity contribution in [3.8, 4) is 0 Å². The highest BCUT2D eigenvalue weighted by Gasteiger charge is 2.18. The molecule has 0 spiro atoms. The monoisotopic (exact) mass is 260 g/mol. The summed E-state index contributed by atoms with van der Waals surface area (Å²) in [6, 6.07) is 6.02. The Morgan fingerprint density at radius 3 is 2.84 bits per heavy atom. The molecular weight excluding hydrogens is 240 g/mol. The third kappa shape index (κ3) is 3.28. The summed E-state index contributed by atoms with van der Waals surface area (Å²) in [7, 11) is 0. The van der Waals surface area contributed by atoms with E-state index in [1.54, 1.807) is 0 Å². The Hall–Kier alpha value is -1.97. The molecule has 0 atom stereocenters. The van der Waals surface area contributed by atoms with Crippen molar-refractivity contribution in [3.05, 3.63) is 35.5 Å². The minimum atomic E-state index is -0.338. The van der Waals surface area contributed by atoms with E-state index in [9.17, 15) is 4.79 Å². The van der Waals surface area contributed by atoms with Crippen LogP contribution in [0, 0.1) is 0 Å². The first-order chi connectivity index (χ1) is 9.08. The number of benzene rings is 1. The Balaban J connectivity index is 2.30. The molecule has 1 heterocycles. The maximum Gasteiger partial charge on any atom is 0.329 e. The average molecular weight is 260 g/mol. The van der Waals surface area contributed by atoms with Crippen molar-refractivity contribution in [1.29, 1.82) is 0 Å². The molecule has 1 N–H and O–H groups in total. The van der Waals surface area contributed by atoms with E-state index in [2.05, 4.69) is 36.5 Å². The Kier molecular flexibility index (Phi) is 4.10. The second-order valence-corrected chi connectivity index (χ2v) is 5.00. The lowest BCUT2D eigenvalue weighted by atomic mass is 10.00. The molecule has 102 valence electrons. The molecule has 0 aromatic heterocycles. The number of hydrogen-bond acceptors (Lipinski definition) is 4. The SMILES string of the molecule is CC(=O)ONc1cccc2c1CCCN2C=C(C)C. The molecule has 0 unspecified atom stereocenters. The molecule has 1 aromatic rings. The number of carbonyl (C=O) groups is 1. The molecular formula is C15H20N2O2. The van der Waals surface area contributed by atoms with Gasteiger partial charge in [-0.05, 0) is 38.8 Å². The number of anilines is 2. The number of nitrogens with one attached hydrogen (secondary N) is 1. The van der Waals surface area contributed by atoms with Gasteiger partial charge in [-0.2, -0.15) is 0 Å². The van der Waals surface area contributed by atoms with Crippen LogP contribution in [-0.4, -0.2) is 12.5 Å². The van der Waals surface area contributed by atoms with E-state index in [0.29, 0.717) is 0 Å². The van der Waals surface area contributed by atoms with Gasteiger partial charge in [0.1, 0.15) is 0 Å². The number of nitrogens with zero attached hydrogens (tertiary/aromatic N) is 1. The van der Waals surface area contributed by atoms with Crippen LogP contribution in [0.2, 0.25) is 0 Å². The summed E-state index contributed by atoms with van der Waals surface area (Å²) in [4.78, 5) is 18.0. The molecule has 1 aromatic carbocycles. The molecule has 4 heteroatoms. The summed E-state index contributed by atoms with van der Waals surface area (Å²) in [6.45, 7) is 6.59. The van der Waals surface area contributed by atoms with Gasteiger partial charge < -0.3 is 9.74 Å². The van der Waals surface area contributed by atoms with E-state index in [1.165, 1.54) is 23.7 Å². The molecule has 0 bridgehead atoms. The summed E-state index contributed by atoms with van der Waals surface area (Å²) < 4.78 is 0. The van der Waals surface area contributed by atoms with Crippen LogP contribution in [0.25, 0.3) is 0 Å². The minimum Gasteiger partial charge on any atom is -0.348 e. The molecule has 19 heavy (non-hydrogen) atoms. The van der Waals surface area contributed by atoms with Crippen LogP contribution in [0.4, 0.5) is 11.4 Å². The van der Waals surface area contributed by atoms with Gasteiger partial charge in [0.25, 0.3) is 0 Å². The van der Waals surface area contributed by atoms with Gasteiger partial charge in [-0.25, -0.2) is 5.48 Å². The van der Waals surface area contributed by atoms with Crippen LogP contribution in [0.3, 0.4) is 0 Å². The molecule has 0 fully saturated rings. The lowest BCUT2D eigenvalue weighted by Gasteiger charge is -2.30. The van der Waals surface area contributed by atoms with Crippen LogP contribution in [0.1, 0.15) is 32.8 Å². The van der Waals surface area contributed by atoms with E-state index in [-0.39, 0.29) is 5.97 Å². The third-order valence-corrected chi connectivity index (χ3v) is 3.01. The fourth-order valence-electron chi connectivity index (χ4n) is 2.32. The van der Waals surface area contributed by atoms with Crippen molar-refractivity contribution in [2.24, 2.45) is 0 Å². The van der Waals surface area contributed by atoms with Crippen molar-refractivity contribution in [2.75, 3.05) is 16.9 Å². The predicted molar refractivity (Wildman–Crippen MR) is 76.9 cm³/mol. The van der Waals surface area contributed by atoms with Crippen LogP contribution in [0.15, 0.2) is 30.0 Å². The Bertz CT molecular complexity index is 505. The van der Waals surface area contributed by atoms with E-state index in [1.807, 2.05) is 12.1 Å². The predicted octanol–water partition coefficient (Wildman–Crippen LogP) is 3.25. The highest BCUT2D eigenvalue weighted by molar-refractivity contribution is 5.71. The first-order valence-electron chi connectivity index (χ1n) is 6.55. The first-order valence-corrected chi connectivity index (χ1v) is 6.55. The number of allylic oxidation sites excluding steroid dienone is 1. The van der Waals surface area contributed by atoms with Crippen LogP contribution >= 0.6 is 0 Å². The zero-order valence-electron chi connectivity index (χ0n) is 11.7. The van der Waals surface area contributed by atoms with Gasteiger partial charge in [-0.3, -0.25) is 4.79 Å². The highest BCUT2D eigenvalue weighted by atomic mass is 16.7. The third-order valence-electron chi connectivity index (χ3n) is 3.01. The molecule has 4 nitrogen and oxygen atoms in total. The van der Waals surface area contributed by atoms with Crippen molar-refractivity contribution in [1.82, 2.24) is 0 Å². The minimum absolute atomic E-state index is 0.338. The summed E-state index contributed by atoms with van der Waals surface area (Å²) in [5, 5.41) is 0. The standard InChI is InChI=1S/C15H20N2O2/c1-11(2)10-17-9-5-6-13-14(16-19-12(3)18)7-4-8-15(13)17/h4,7-8,10,16H,5-6,9H2,1-3H3. The van der Waals surface area contributed by atoms with Gasteiger partial charge in [-0.15, -0.1) is 0 Å². The largest absolute Gasteiger partial charge is 0.348 e. The fraction of sp³-hybridized carbons (Fsp3) is 0.400. The molecule has 1 aliphatic rings. The van der Waals surface area contributed by atoms with Crippen molar-refractivity contribution in [2.45, 2.75) is 33.6 Å². The van der Waals surface area contributed by atoms with E-state index < -0.39 is 0 Å². The maximum absolute atomic E-state index is 10.9. The van der Waals surface area contributed by atoms with E-state index in [0.717, 1.165) is 25.1 Å². The first kappa shape index (κ1) is 13.5. The topological polar surface area (TPSA) is 41.6 Å². The van der Waals surface area contributed by atoms with E-state index in [4.69, 9.17) is 4.84 Å². The number of rotatable bonds is 3. The molecule has 0 saturated heterocycles. The molecule has 1 aliphatic heterocycles. The summed E-state index contributed by atoms with van der Waals surface area (Å²) in [5.41, 5.74) is 7.28. The summed E-state index contributed by atoms with van der Waals surface area (Å²) in [5.74, 6) is -0.338. The van der Waals surface area contributed by atoms with Gasteiger partial charge in [-0.1, -0.05) is 11.6 Å². The second kappa shape index (κ2) is 5.78. The van der Waals surface area contributed by atoms with Gasteiger partial charge in [0.15, 0.2) is 0 Å². The lowest BCUT2D eigenvalue weighted by Crippen LogP contribution is -2.25. The van der Waals surface area contributed by atoms with Crippen LogP contribution in [0.5, 0.6) is 0 Å². The molecule has 2 rings (SSSR count). The van der Waals surface area contributed by atoms with Crippen molar-refractivity contribution >= 4 is 17.3 Å². The summed E-state index contributed by atoms with van der Waals surface area (Å²) >= 11 is 0. The molecule has 0 amide bonds.